The van der Waals surface area contributed by atoms with Crippen molar-refractivity contribution in [3.05, 3.63) is 47.3 Å². The standard InChI is InChI=1S/C24H32N4O5S/c1-17-14-22(23(29)16-26-8-6-19(7-9-26)24(25)30)18(2)28(17)20-4-3-5-21(15-20)34(31,32)27-10-12-33-13-11-27/h3-5,14-15,19H,6-13,16H2,1-2H3,(H2,25,30). The minimum Gasteiger partial charge on any atom is -0.379 e. The normalized spacial score (nSPS) is 18.8. The summed E-state index contributed by atoms with van der Waals surface area (Å²) in [6, 6.07) is 8.70. The average molecular weight is 489 g/mol. The molecule has 2 aromatic rings. The van der Waals surface area contributed by atoms with E-state index in [0.717, 1.165) is 11.4 Å². The van der Waals surface area contributed by atoms with Gasteiger partial charge in [0.2, 0.25) is 15.9 Å². The number of piperidine rings is 1. The van der Waals surface area contributed by atoms with Gasteiger partial charge in [0.15, 0.2) is 5.78 Å². The molecule has 3 heterocycles. The summed E-state index contributed by atoms with van der Waals surface area (Å²) in [5.74, 6) is -0.376. The highest BCUT2D eigenvalue weighted by Gasteiger charge is 2.28. The number of ether oxygens (including phenoxy) is 1. The van der Waals surface area contributed by atoms with Gasteiger partial charge in [-0.05, 0) is 64.0 Å². The number of amides is 1. The monoisotopic (exact) mass is 488 g/mol. The highest BCUT2D eigenvalue weighted by atomic mass is 32.2. The number of Topliss-reactive ketones (excluding diaryl/α,β-unsaturated/α-hetero) is 1. The quantitative estimate of drug-likeness (QED) is 0.591. The maximum absolute atomic E-state index is 13.1. The molecule has 0 bridgehead atoms. The van der Waals surface area contributed by atoms with Crippen molar-refractivity contribution in [2.75, 3.05) is 45.9 Å². The third-order valence-electron chi connectivity index (χ3n) is 6.77. The number of ketones is 1. The fourth-order valence-electron chi connectivity index (χ4n) is 4.83. The van der Waals surface area contributed by atoms with Gasteiger partial charge in [0.25, 0.3) is 0 Å². The van der Waals surface area contributed by atoms with Crippen LogP contribution >= 0.6 is 0 Å². The molecule has 1 aromatic carbocycles. The lowest BCUT2D eigenvalue weighted by atomic mass is 9.96. The summed E-state index contributed by atoms with van der Waals surface area (Å²) >= 11 is 0. The summed E-state index contributed by atoms with van der Waals surface area (Å²) in [7, 11) is -3.62. The molecule has 2 aliphatic heterocycles. The van der Waals surface area contributed by atoms with Crippen LogP contribution in [-0.2, 0) is 19.6 Å². The van der Waals surface area contributed by atoms with E-state index >= 15 is 0 Å². The van der Waals surface area contributed by atoms with Crippen molar-refractivity contribution in [2.45, 2.75) is 31.6 Å². The van der Waals surface area contributed by atoms with Crippen molar-refractivity contribution in [1.29, 1.82) is 0 Å². The molecule has 0 spiro atoms. The summed E-state index contributed by atoms with van der Waals surface area (Å²) in [4.78, 5) is 26.8. The Morgan fingerprint density at radius 3 is 2.38 bits per heavy atom. The molecule has 2 N–H and O–H groups in total. The summed E-state index contributed by atoms with van der Waals surface area (Å²) in [5, 5.41) is 0. The minimum absolute atomic E-state index is 0.00830. The van der Waals surface area contributed by atoms with Gasteiger partial charge in [0.05, 0.1) is 24.7 Å². The van der Waals surface area contributed by atoms with Crippen molar-refractivity contribution < 1.29 is 22.7 Å². The molecule has 2 saturated heterocycles. The number of nitrogens with zero attached hydrogens (tertiary/aromatic N) is 3. The molecule has 1 aromatic heterocycles. The van der Waals surface area contributed by atoms with Gasteiger partial charge in [-0.15, -0.1) is 0 Å². The van der Waals surface area contributed by atoms with Crippen LogP contribution < -0.4 is 5.73 Å². The Hall–Kier alpha value is -2.53. The lowest BCUT2D eigenvalue weighted by Gasteiger charge is -2.29. The van der Waals surface area contributed by atoms with E-state index in [4.69, 9.17) is 10.5 Å². The first-order chi connectivity index (χ1) is 16.2. The number of benzene rings is 1. The SMILES string of the molecule is Cc1cc(C(=O)CN2CCC(C(N)=O)CC2)c(C)n1-c1cccc(S(=O)(=O)N2CCOCC2)c1. The molecular weight excluding hydrogens is 456 g/mol. The van der Waals surface area contributed by atoms with Crippen LogP contribution in [0.4, 0.5) is 0 Å². The van der Waals surface area contributed by atoms with E-state index in [0.29, 0.717) is 63.5 Å². The maximum Gasteiger partial charge on any atom is 0.243 e. The second kappa shape index (κ2) is 9.99. The van der Waals surface area contributed by atoms with Gasteiger partial charge >= 0.3 is 0 Å². The molecule has 2 fully saturated rings. The van der Waals surface area contributed by atoms with Crippen LogP contribution in [0.25, 0.3) is 5.69 Å². The van der Waals surface area contributed by atoms with E-state index < -0.39 is 10.0 Å². The van der Waals surface area contributed by atoms with E-state index in [2.05, 4.69) is 4.90 Å². The van der Waals surface area contributed by atoms with Crippen LogP contribution in [0.3, 0.4) is 0 Å². The Morgan fingerprint density at radius 2 is 1.74 bits per heavy atom. The van der Waals surface area contributed by atoms with Crippen molar-refractivity contribution in [3.8, 4) is 5.69 Å². The van der Waals surface area contributed by atoms with Gasteiger partial charge < -0.3 is 15.0 Å². The van der Waals surface area contributed by atoms with Crippen LogP contribution in [0, 0.1) is 19.8 Å². The number of aryl methyl sites for hydroxylation is 1. The van der Waals surface area contributed by atoms with E-state index in [1.54, 1.807) is 18.2 Å². The number of hydrogen-bond acceptors (Lipinski definition) is 6. The zero-order valence-electron chi connectivity index (χ0n) is 19.7. The van der Waals surface area contributed by atoms with Crippen LogP contribution in [0.5, 0.6) is 0 Å². The van der Waals surface area contributed by atoms with E-state index in [9.17, 15) is 18.0 Å². The smallest absolute Gasteiger partial charge is 0.243 e. The Morgan fingerprint density at radius 1 is 1.06 bits per heavy atom. The molecule has 10 heteroatoms. The molecule has 0 aliphatic carbocycles. The third-order valence-corrected chi connectivity index (χ3v) is 8.67. The Bertz CT molecular complexity index is 1180. The number of rotatable bonds is 7. The number of carbonyl (C=O) groups is 2. The summed E-state index contributed by atoms with van der Waals surface area (Å²) in [6.07, 6.45) is 1.35. The van der Waals surface area contributed by atoms with E-state index in [-0.39, 0.29) is 29.0 Å². The first-order valence-electron chi connectivity index (χ1n) is 11.6. The van der Waals surface area contributed by atoms with Gasteiger partial charge in [-0.25, -0.2) is 8.42 Å². The molecule has 34 heavy (non-hydrogen) atoms. The number of sulfonamides is 1. The van der Waals surface area contributed by atoms with Crippen molar-refractivity contribution >= 4 is 21.7 Å². The predicted octanol–water partition coefficient (Wildman–Crippen LogP) is 1.50. The fourth-order valence-corrected chi connectivity index (χ4v) is 6.27. The molecule has 1 amide bonds. The zero-order chi connectivity index (χ0) is 24.5. The number of hydrogen-bond donors (Lipinski definition) is 1. The van der Waals surface area contributed by atoms with Gasteiger partial charge in [-0.1, -0.05) is 6.07 Å². The molecule has 0 atom stereocenters. The second-order valence-corrected chi connectivity index (χ2v) is 10.9. The third kappa shape index (κ3) is 4.95. The second-order valence-electron chi connectivity index (χ2n) is 9.01. The average Bonchev–Trinajstić information content (AvgIpc) is 3.14. The molecule has 184 valence electrons. The maximum atomic E-state index is 13.1. The van der Waals surface area contributed by atoms with Gasteiger partial charge in [0, 0.05) is 41.6 Å². The number of aromatic nitrogens is 1. The Kier molecular flexibility index (Phi) is 7.22. The molecule has 4 rings (SSSR count). The first-order valence-corrected chi connectivity index (χ1v) is 13.0. The van der Waals surface area contributed by atoms with Gasteiger partial charge in [0.1, 0.15) is 0 Å². The molecule has 9 nitrogen and oxygen atoms in total. The Labute approximate surface area is 200 Å². The van der Waals surface area contributed by atoms with Crippen molar-refractivity contribution in [3.63, 3.8) is 0 Å². The minimum atomic E-state index is -3.62. The summed E-state index contributed by atoms with van der Waals surface area (Å²) < 4.78 is 34.9. The fraction of sp³-hybridized carbons (Fsp3) is 0.500. The van der Waals surface area contributed by atoms with Crippen LogP contribution in [-0.4, -0.2) is 79.8 Å². The summed E-state index contributed by atoms with van der Waals surface area (Å²) in [6.45, 7) is 6.85. The van der Waals surface area contributed by atoms with Crippen molar-refractivity contribution in [2.24, 2.45) is 11.7 Å². The van der Waals surface area contributed by atoms with Crippen LogP contribution in [0.15, 0.2) is 35.2 Å². The molecule has 2 aliphatic rings. The number of nitrogens with two attached hydrogens (primary N) is 1. The molecular formula is C24H32N4O5S. The zero-order valence-corrected chi connectivity index (χ0v) is 20.5. The largest absolute Gasteiger partial charge is 0.379 e. The first kappa shape index (κ1) is 24.6. The predicted molar refractivity (Wildman–Crippen MR) is 128 cm³/mol. The van der Waals surface area contributed by atoms with Gasteiger partial charge in [-0.3, -0.25) is 14.5 Å². The number of primary amides is 1. The lowest BCUT2D eigenvalue weighted by molar-refractivity contribution is -0.123. The van der Waals surface area contributed by atoms with E-state index in [1.165, 1.54) is 4.31 Å². The highest BCUT2D eigenvalue weighted by Crippen LogP contribution is 2.26. The highest BCUT2D eigenvalue weighted by molar-refractivity contribution is 7.89. The molecule has 0 unspecified atom stereocenters. The molecule has 0 radical (unpaired) electrons. The number of likely N-dealkylation sites (tertiary alicyclic amines) is 1. The van der Waals surface area contributed by atoms with Crippen LogP contribution in [0.1, 0.15) is 34.6 Å². The topological polar surface area (TPSA) is 115 Å². The number of carbonyl (C=O) groups excluding carboxylic acids is 2. The van der Waals surface area contributed by atoms with Crippen molar-refractivity contribution in [1.82, 2.24) is 13.8 Å². The molecule has 0 saturated carbocycles. The van der Waals surface area contributed by atoms with Crippen LogP contribution in [0.2, 0.25) is 0 Å². The summed E-state index contributed by atoms with van der Waals surface area (Å²) in [5.41, 5.74) is 8.36. The Balaban J connectivity index is 1.54. The lowest BCUT2D eigenvalue weighted by Crippen LogP contribution is -2.40. The van der Waals surface area contributed by atoms with Gasteiger partial charge in [-0.2, -0.15) is 4.31 Å². The van der Waals surface area contributed by atoms with E-state index in [1.807, 2.05) is 30.5 Å². The number of morpholine rings is 1.